The minimum atomic E-state index is -0.507. The summed E-state index contributed by atoms with van der Waals surface area (Å²) in [4.78, 5) is 12.1. The average Bonchev–Trinajstić information content (AvgIpc) is 2.90. The number of amides is 1. The van der Waals surface area contributed by atoms with E-state index in [9.17, 15) is 4.79 Å². The molecule has 7 nitrogen and oxygen atoms in total. The molecule has 1 aromatic heterocycles. The van der Waals surface area contributed by atoms with Crippen LogP contribution in [0.2, 0.25) is 5.02 Å². The number of hydrogen-bond acceptors (Lipinski definition) is 5. The molecular formula is C14H17ClN4O3. The van der Waals surface area contributed by atoms with Crippen LogP contribution in [0, 0.1) is 6.92 Å². The van der Waals surface area contributed by atoms with E-state index in [1.165, 1.54) is 14.2 Å². The van der Waals surface area contributed by atoms with Crippen LogP contribution in [0.15, 0.2) is 24.3 Å². The molecular weight excluding hydrogens is 308 g/mol. The van der Waals surface area contributed by atoms with Gasteiger partial charge in [0.15, 0.2) is 12.0 Å². The van der Waals surface area contributed by atoms with Gasteiger partial charge >= 0.3 is 0 Å². The van der Waals surface area contributed by atoms with Crippen molar-refractivity contribution >= 4 is 17.5 Å². The third kappa shape index (κ3) is 3.62. The highest BCUT2D eigenvalue weighted by Crippen LogP contribution is 2.16. The van der Waals surface area contributed by atoms with Gasteiger partial charge in [-0.2, -0.15) is 0 Å². The maximum absolute atomic E-state index is 12.1. The van der Waals surface area contributed by atoms with Crippen molar-refractivity contribution in [2.24, 2.45) is 0 Å². The van der Waals surface area contributed by atoms with Crippen molar-refractivity contribution in [1.29, 1.82) is 0 Å². The fourth-order valence-corrected chi connectivity index (χ4v) is 2.10. The molecule has 8 heteroatoms. The number of carbonyl (C=O) groups excluding carboxylic acids is 1. The van der Waals surface area contributed by atoms with E-state index in [0.717, 1.165) is 5.69 Å². The van der Waals surface area contributed by atoms with Crippen molar-refractivity contribution in [3.8, 4) is 5.69 Å². The molecule has 0 fully saturated rings. The third-order valence-corrected chi connectivity index (χ3v) is 3.35. The first-order valence-electron chi connectivity index (χ1n) is 6.58. The van der Waals surface area contributed by atoms with Gasteiger partial charge in [-0.15, -0.1) is 5.10 Å². The Bertz CT molecular complexity index is 655. The van der Waals surface area contributed by atoms with E-state index in [2.05, 4.69) is 15.6 Å². The number of methoxy groups -OCH3 is 2. The summed E-state index contributed by atoms with van der Waals surface area (Å²) in [6.07, 6.45) is -0.507. The van der Waals surface area contributed by atoms with Crippen molar-refractivity contribution in [3.63, 3.8) is 0 Å². The van der Waals surface area contributed by atoms with Gasteiger partial charge in [-0.05, 0) is 25.1 Å². The van der Waals surface area contributed by atoms with Gasteiger partial charge < -0.3 is 14.8 Å². The number of carbonyl (C=O) groups is 1. The summed E-state index contributed by atoms with van der Waals surface area (Å²) in [7, 11) is 3.00. The molecule has 0 aliphatic rings. The number of nitrogens with one attached hydrogen (secondary N) is 1. The Labute approximate surface area is 133 Å². The third-order valence-electron chi connectivity index (χ3n) is 3.12. The molecule has 22 heavy (non-hydrogen) atoms. The summed E-state index contributed by atoms with van der Waals surface area (Å²) in [5.74, 6) is -0.343. The molecule has 2 rings (SSSR count). The predicted octanol–water partition coefficient (Wildman–Crippen LogP) is 1.58. The fraction of sp³-hybridized carbons (Fsp3) is 0.357. The van der Waals surface area contributed by atoms with Gasteiger partial charge in [0, 0.05) is 19.2 Å². The summed E-state index contributed by atoms with van der Waals surface area (Å²) >= 11 is 5.96. The first kappa shape index (κ1) is 16.4. The normalized spacial score (nSPS) is 11.0. The molecule has 1 aromatic carbocycles. The Morgan fingerprint density at radius 2 is 2.14 bits per heavy atom. The molecule has 0 saturated carbocycles. The van der Waals surface area contributed by atoms with E-state index < -0.39 is 6.29 Å². The number of halogens is 1. The fourth-order valence-electron chi connectivity index (χ4n) is 1.91. The highest BCUT2D eigenvalue weighted by molar-refractivity contribution is 6.30. The maximum Gasteiger partial charge on any atom is 0.273 e. The highest BCUT2D eigenvalue weighted by atomic mass is 35.5. The second-order valence-corrected chi connectivity index (χ2v) is 4.96. The number of nitrogens with zero attached hydrogens (tertiary/aromatic N) is 3. The number of benzene rings is 1. The molecule has 0 radical (unpaired) electrons. The average molecular weight is 325 g/mol. The summed E-state index contributed by atoms with van der Waals surface area (Å²) in [5.41, 5.74) is 1.60. The number of hydrogen-bond donors (Lipinski definition) is 1. The first-order chi connectivity index (χ1) is 10.6. The van der Waals surface area contributed by atoms with E-state index in [4.69, 9.17) is 21.1 Å². The van der Waals surface area contributed by atoms with Gasteiger partial charge in [-0.3, -0.25) is 4.79 Å². The van der Waals surface area contributed by atoms with Gasteiger partial charge in [0.2, 0.25) is 0 Å². The zero-order chi connectivity index (χ0) is 16.1. The van der Waals surface area contributed by atoms with E-state index in [0.29, 0.717) is 10.7 Å². The minimum absolute atomic E-state index is 0.218. The van der Waals surface area contributed by atoms with E-state index in [1.807, 2.05) is 6.07 Å². The minimum Gasteiger partial charge on any atom is -0.354 e. The van der Waals surface area contributed by atoms with E-state index in [1.54, 1.807) is 29.8 Å². The first-order valence-corrected chi connectivity index (χ1v) is 6.96. The van der Waals surface area contributed by atoms with Crippen LogP contribution in [-0.2, 0) is 9.47 Å². The van der Waals surface area contributed by atoms with Crippen LogP contribution in [0.5, 0.6) is 0 Å². The van der Waals surface area contributed by atoms with Crippen LogP contribution in [0.1, 0.15) is 16.2 Å². The number of ether oxygens (including phenoxy) is 2. The van der Waals surface area contributed by atoms with Crippen LogP contribution in [-0.4, -0.2) is 48.0 Å². The van der Waals surface area contributed by atoms with Crippen LogP contribution in [0.3, 0.4) is 0 Å². The quantitative estimate of drug-likeness (QED) is 0.816. The van der Waals surface area contributed by atoms with Gasteiger partial charge in [-0.1, -0.05) is 22.9 Å². The molecule has 0 aliphatic heterocycles. The number of rotatable bonds is 6. The lowest BCUT2D eigenvalue weighted by atomic mass is 10.3. The van der Waals surface area contributed by atoms with Crippen molar-refractivity contribution in [1.82, 2.24) is 20.3 Å². The molecule has 1 heterocycles. The topological polar surface area (TPSA) is 78.3 Å². The standard InChI is InChI=1S/C14H17ClN4O3/c1-9-13(14(20)16-8-12(21-2)22-3)17-18-19(9)11-6-4-5-10(15)7-11/h4-7,12H,8H2,1-3H3,(H,16,20). The molecule has 0 saturated heterocycles. The van der Waals surface area contributed by atoms with Crippen molar-refractivity contribution in [2.45, 2.75) is 13.2 Å². The molecule has 0 spiro atoms. The SMILES string of the molecule is COC(CNC(=O)c1nnn(-c2cccc(Cl)c2)c1C)OC. The van der Waals surface area contributed by atoms with Crippen molar-refractivity contribution < 1.29 is 14.3 Å². The predicted molar refractivity (Wildman–Crippen MR) is 81.2 cm³/mol. The van der Waals surface area contributed by atoms with Crippen LogP contribution >= 0.6 is 11.6 Å². The van der Waals surface area contributed by atoms with Gasteiger partial charge in [0.05, 0.1) is 17.9 Å². The second-order valence-electron chi connectivity index (χ2n) is 4.53. The Morgan fingerprint density at radius 1 is 1.41 bits per heavy atom. The van der Waals surface area contributed by atoms with Gasteiger partial charge in [-0.25, -0.2) is 4.68 Å². The zero-order valence-electron chi connectivity index (χ0n) is 12.5. The zero-order valence-corrected chi connectivity index (χ0v) is 13.3. The molecule has 0 bridgehead atoms. The van der Waals surface area contributed by atoms with Crippen molar-refractivity contribution in [3.05, 3.63) is 40.7 Å². The second kappa shape index (κ2) is 7.35. The smallest absolute Gasteiger partial charge is 0.273 e. The molecule has 1 amide bonds. The van der Waals surface area contributed by atoms with Crippen LogP contribution < -0.4 is 5.32 Å². The molecule has 0 unspecified atom stereocenters. The Morgan fingerprint density at radius 3 is 2.77 bits per heavy atom. The number of aromatic nitrogens is 3. The lowest BCUT2D eigenvalue weighted by molar-refractivity contribution is -0.0974. The summed E-state index contributed by atoms with van der Waals surface area (Å²) < 4.78 is 11.6. The van der Waals surface area contributed by atoms with Crippen LogP contribution in [0.4, 0.5) is 0 Å². The lowest BCUT2D eigenvalue weighted by Crippen LogP contribution is -2.34. The van der Waals surface area contributed by atoms with E-state index >= 15 is 0 Å². The van der Waals surface area contributed by atoms with Gasteiger partial charge in [0.25, 0.3) is 5.91 Å². The Balaban J connectivity index is 2.15. The molecule has 0 atom stereocenters. The van der Waals surface area contributed by atoms with Gasteiger partial charge in [0.1, 0.15) is 0 Å². The largest absolute Gasteiger partial charge is 0.354 e. The van der Waals surface area contributed by atoms with E-state index in [-0.39, 0.29) is 18.1 Å². The molecule has 0 aliphatic carbocycles. The van der Waals surface area contributed by atoms with Crippen LogP contribution in [0.25, 0.3) is 5.69 Å². The monoisotopic (exact) mass is 324 g/mol. The van der Waals surface area contributed by atoms with Crippen molar-refractivity contribution in [2.75, 3.05) is 20.8 Å². The summed E-state index contributed by atoms with van der Waals surface area (Å²) in [6.45, 7) is 1.98. The lowest BCUT2D eigenvalue weighted by Gasteiger charge is -2.13. The summed E-state index contributed by atoms with van der Waals surface area (Å²) in [5, 5.41) is 11.2. The molecule has 1 N–H and O–H groups in total. The summed E-state index contributed by atoms with van der Waals surface area (Å²) in [6, 6.07) is 7.15. The highest BCUT2D eigenvalue weighted by Gasteiger charge is 2.18. The molecule has 2 aromatic rings. The maximum atomic E-state index is 12.1. The Hall–Kier alpha value is -1.96. The Kier molecular flexibility index (Phi) is 5.48. The molecule has 118 valence electrons.